The molecule has 6 heteroatoms. The molecule has 3 rings (SSSR count). The Bertz CT molecular complexity index is 590. The molecule has 2 aliphatic rings. The zero-order valence-corrected chi connectivity index (χ0v) is 14.7. The van der Waals surface area contributed by atoms with Crippen molar-refractivity contribution < 1.29 is 19.1 Å². The first-order chi connectivity index (χ1) is 12.1. The van der Waals surface area contributed by atoms with Gasteiger partial charge in [-0.1, -0.05) is 0 Å². The van der Waals surface area contributed by atoms with Crippen molar-refractivity contribution in [2.75, 3.05) is 26.3 Å². The van der Waals surface area contributed by atoms with Crippen LogP contribution in [-0.4, -0.2) is 49.1 Å². The first-order valence-electron chi connectivity index (χ1n) is 9.00. The number of carbonyl (C=O) groups excluding carboxylic acids is 2. The Balaban J connectivity index is 1.35. The predicted molar refractivity (Wildman–Crippen MR) is 93.6 cm³/mol. The van der Waals surface area contributed by atoms with Crippen molar-refractivity contribution in [3.05, 3.63) is 24.3 Å². The SMILES string of the molecule is CC(=O)N1CCC(NC(=O)COc2ccc(OCC3CC3)cc2)CC1. The summed E-state index contributed by atoms with van der Waals surface area (Å²) in [4.78, 5) is 25.1. The van der Waals surface area contributed by atoms with Crippen molar-refractivity contribution in [1.29, 1.82) is 0 Å². The fourth-order valence-corrected chi connectivity index (χ4v) is 2.89. The van der Waals surface area contributed by atoms with Gasteiger partial charge in [-0.25, -0.2) is 0 Å². The lowest BCUT2D eigenvalue weighted by atomic mass is 10.1. The maximum atomic E-state index is 12.0. The molecule has 0 bridgehead atoms. The number of benzene rings is 1. The van der Waals surface area contributed by atoms with Crippen molar-refractivity contribution in [1.82, 2.24) is 10.2 Å². The predicted octanol–water partition coefficient (Wildman–Crippen LogP) is 1.98. The maximum absolute atomic E-state index is 12.0. The Kier molecular flexibility index (Phi) is 5.79. The summed E-state index contributed by atoms with van der Waals surface area (Å²) in [7, 11) is 0. The number of hydrogen-bond donors (Lipinski definition) is 1. The smallest absolute Gasteiger partial charge is 0.258 e. The van der Waals surface area contributed by atoms with Crippen LogP contribution in [0.5, 0.6) is 11.5 Å². The Morgan fingerprint density at radius 3 is 2.20 bits per heavy atom. The summed E-state index contributed by atoms with van der Waals surface area (Å²) in [6.45, 7) is 3.75. The lowest BCUT2D eigenvalue weighted by Crippen LogP contribution is -2.47. The molecule has 6 nitrogen and oxygen atoms in total. The summed E-state index contributed by atoms with van der Waals surface area (Å²) < 4.78 is 11.2. The second kappa shape index (κ2) is 8.23. The van der Waals surface area contributed by atoms with Crippen LogP contribution in [0.15, 0.2) is 24.3 Å². The van der Waals surface area contributed by atoms with E-state index in [0.717, 1.165) is 31.1 Å². The van der Waals surface area contributed by atoms with Gasteiger partial charge in [-0.15, -0.1) is 0 Å². The third-order valence-electron chi connectivity index (χ3n) is 4.68. The van der Waals surface area contributed by atoms with Gasteiger partial charge in [-0.05, 0) is 55.9 Å². The average molecular weight is 346 g/mol. The highest BCUT2D eigenvalue weighted by molar-refractivity contribution is 5.78. The van der Waals surface area contributed by atoms with E-state index < -0.39 is 0 Å². The molecule has 0 unspecified atom stereocenters. The van der Waals surface area contributed by atoms with Gasteiger partial charge in [0.25, 0.3) is 5.91 Å². The Labute approximate surface area is 148 Å². The van der Waals surface area contributed by atoms with Gasteiger partial charge in [-0.3, -0.25) is 9.59 Å². The van der Waals surface area contributed by atoms with E-state index in [1.165, 1.54) is 12.8 Å². The first-order valence-corrected chi connectivity index (χ1v) is 9.00. The van der Waals surface area contributed by atoms with E-state index in [9.17, 15) is 9.59 Å². The zero-order chi connectivity index (χ0) is 17.6. The molecule has 2 amide bonds. The average Bonchev–Trinajstić information content (AvgIpc) is 3.44. The number of hydrogen-bond acceptors (Lipinski definition) is 4. The summed E-state index contributed by atoms with van der Waals surface area (Å²) in [5, 5.41) is 2.97. The largest absolute Gasteiger partial charge is 0.493 e. The molecule has 0 radical (unpaired) electrons. The summed E-state index contributed by atoms with van der Waals surface area (Å²) in [6, 6.07) is 7.49. The molecule has 136 valence electrons. The monoisotopic (exact) mass is 346 g/mol. The highest BCUT2D eigenvalue weighted by Crippen LogP contribution is 2.29. The number of rotatable bonds is 7. The molecule has 1 saturated carbocycles. The molecule has 1 saturated heterocycles. The molecule has 1 aliphatic heterocycles. The maximum Gasteiger partial charge on any atom is 0.258 e. The standard InChI is InChI=1S/C19H26N2O4/c1-14(22)21-10-8-16(9-11-21)20-19(23)13-25-18-6-4-17(5-7-18)24-12-15-2-3-15/h4-7,15-16H,2-3,8-13H2,1H3,(H,20,23). The number of likely N-dealkylation sites (tertiary alicyclic amines) is 1. The third kappa shape index (κ3) is 5.66. The van der Waals surface area contributed by atoms with E-state index in [1.807, 2.05) is 29.2 Å². The van der Waals surface area contributed by atoms with Crippen molar-refractivity contribution >= 4 is 11.8 Å². The van der Waals surface area contributed by atoms with Crippen LogP contribution in [0.3, 0.4) is 0 Å². The lowest BCUT2D eigenvalue weighted by molar-refractivity contribution is -0.130. The van der Waals surface area contributed by atoms with Gasteiger partial charge < -0.3 is 19.7 Å². The Morgan fingerprint density at radius 2 is 1.64 bits per heavy atom. The van der Waals surface area contributed by atoms with Crippen LogP contribution in [-0.2, 0) is 9.59 Å². The summed E-state index contributed by atoms with van der Waals surface area (Å²) >= 11 is 0. The lowest BCUT2D eigenvalue weighted by Gasteiger charge is -2.31. The highest BCUT2D eigenvalue weighted by Gasteiger charge is 2.22. The van der Waals surface area contributed by atoms with Crippen LogP contribution >= 0.6 is 0 Å². The molecule has 0 aromatic heterocycles. The van der Waals surface area contributed by atoms with E-state index in [2.05, 4.69) is 5.32 Å². The minimum Gasteiger partial charge on any atom is -0.493 e. The molecular formula is C19H26N2O4. The number of carbonyl (C=O) groups is 2. The number of ether oxygens (including phenoxy) is 2. The topological polar surface area (TPSA) is 67.9 Å². The molecule has 0 atom stereocenters. The highest BCUT2D eigenvalue weighted by atomic mass is 16.5. The molecule has 1 aromatic rings. The molecule has 0 spiro atoms. The molecule has 2 fully saturated rings. The molecule has 1 aliphatic carbocycles. The summed E-state index contributed by atoms with van der Waals surface area (Å²) in [5.74, 6) is 2.18. The minimum atomic E-state index is -0.129. The van der Waals surface area contributed by atoms with Gasteiger partial charge in [0.15, 0.2) is 6.61 Å². The van der Waals surface area contributed by atoms with Gasteiger partial charge in [-0.2, -0.15) is 0 Å². The number of piperidine rings is 1. The van der Waals surface area contributed by atoms with Gasteiger partial charge in [0.2, 0.25) is 5.91 Å². The van der Waals surface area contributed by atoms with Crippen LogP contribution in [0.1, 0.15) is 32.6 Å². The van der Waals surface area contributed by atoms with Crippen LogP contribution in [0.25, 0.3) is 0 Å². The number of amides is 2. The molecule has 25 heavy (non-hydrogen) atoms. The van der Waals surface area contributed by atoms with Crippen LogP contribution in [0.4, 0.5) is 0 Å². The number of nitrogens with zero attached hydrogens (tertiary/aromatic N) is 1. The van der Waals surface area contributed by atoms with Crippen LogP contribution in [0, 0.1) is 5.92 Å². The van der Waals surface area contributed by atoms with Crippen molar-refractivity contribution in [2.24, 2.45) is 5.92 Å². The molecular weight excluding hydrogens is 320 g/mol. The Morgan fingerprint density at radius 1 is 1.04 bits per heavy atom. The van der Waals surface area contributed by atoms with E-state index in [4.69, 9.17) is 9.47 Å². The molecule has 1 heterocycles. The van der Waals surface area contributed by atoms with Gasteiger partial charge in [0, 0.05) is 26.1 Å². The molecule has 1 aromatic carbocycles. The normalized spacial score (nSPS) is 17.9. The van der Waals surface area contributed by atoms with E-state index in [0.29, 0.717) is 18.8 Å². The first kappa shape index (κ1) is 17.6. The van der Waals surface area contributed by atoms with Crippen LogP contribution in [0.2, 0.25) is 0 Å². The van der Waals surface area contributed by atoms with E-state index >= 15 is 0 Å². The van der Waals surface area contributed by atoms with E-state index in [-0.39, 0.29) is 24.5 Å². The minimum absolute atomic E-state index is 0.00476. The summed E-state index contributed by atoms with van der Waals surface area (Å²) in [5.41, 5.74) is 0. The molecule has 1 N–H and O–H groups in total. The second-order valence-corrected chi connectivity index (χ2v) is 6.86. The van der Waals surface area contributed by atoms with Gasteiger partial charge >= 0.3 is 0 Å². The second-order valence-electron chi connectivity index (χ2n) is 6.86. The summed E-state index contributed by atoms with van der Waals surface area (Å²) in [6.07, 6.45) is 4.12. The van der Waals surface area contributed by atoms with E-state index in [1.54, 1.807) is 6.92 Å². The Hall–Kier alpha value is -2.24. The third-order valence-corrected chi connectivity index (χ3v) is 4.68. The fourth-order valence-electron chi connectivity index (χ4n) is 2.89. The van der Waals surface area contributed by atoms with Crippen molar-refractivity contribution in [3.63, 3.8) is 0 Å². The van der Waals surface area contributed by atoms with Crippen LogP contribution < -0.4 is 14.8 Å². The van der Waals surface area contributed by atoms with Gasteiger partial charge in [0.1, 0.15) is 11.5 Å². The zero-order valence-electron chi connectivity index (χ0n) is 14.7. The fraction of sp³-hybridized carbons (Fsp3) is 0.579. The van der Waals surface area contributed by atoms with Crippen molar-refractivity contribution in [3.8, 4) is 11.5 Å². The quantitative estimate of drug-likeness (QED) is 0.820. The number of nitrogens with one attached hydrogen (secondary N) is 1. The van der Waals surface area contributed by atoms with Gasteiger partial charge in [0.05, 0.1) is 6.61 Å². The van der Waals surface area contributed by atoms with Crippen molar-refractivity contribution in [2.45, 2.75) is 38.6 Å².